The maximum atomic E-state index is 13.5. The fourth-order valence-corrected chi connectivity index (χ4v) is 4.07. The number of nitriles is 1. The normalized spacial score (nSPS) is 11.1. The van der Waals surface area contributed by atoms with E-state index in [0.717, 1.165) is 5.56 Å². The second-order valence-electron chi connectivity index (χ2n) is 8.73. The van der Waals surface area contributed by atoms with Crippen LogP contribution in [0.1, 0.15) is 22.6 Å². The molecule has 204 valence electrons. The van der Waals surface area contributed by atoms with Gasteiger partial charge in [-0.1, -0.05) is 35.0 Å². The van der Waals surface area contributed by atoms with Gasteiger partial charge in [0.15, 0.2) is 0 Å². The second kappa shape index (κ2) is 11.8. The van der Waals surface area contributed by atoms with Gasteiger partial charge in [-0.2, -0.15) is 5.26 Å². The van der Waals surface area contributed by atoms with Crippen LogP contribution in [-0.2, 0) is 22.7 Å². The Morgan fingerprint density at radius 1 is 1.12 bits per heavy atom. The fraction of sp³-hybridized carbons (Fsp3) is 0.103. The smallest absolute Gasteiger partial charge is 0.325 e. The van der Waals surface area contributed by atoms with Gasteiger partial charge in [-0.15, -0.1) is 5.10 Å². The van der Waals surface area contributed by atoms with Crippen molar-refractivity contribution < 1.29 is 18.7 Å². The molecule has 0 aliphatic rings. The van der Waals surface area contributed by atoms with E-state index in [1.54, 1.807) is 54.7 Å². The highest BCUT2D eigenvalue weighted by atomic mass is 35.5. The van der Waals surface area contributed by atoms with Crippen molar-refractivity contribution in [2.75, 3.05) is 7.11 Å². The number of carbonyl (C=O) groups excluding carboxylic acids is 1. The number of halogens is 2. The predicted octanol–water partition coefficient (Wildman–Crippen LogP) is 4.56. The number of rotatable bonds is 8. The van der Waals surface area contributed by atoms with Crippen LogP contribution in [0.4, 0.5) is 4.39 Å². The third-order valence-corrected chi connectivity index (χ3v) is 6.32. The van der Waals surface area contributed by atoms with Crippen LogP contribution >= 0.6 is 11.6 Å². The van der Waals surface area contributed by atoms with Crippen molar-refractivity contribution in [2.24, 2.45) is 0 Å². The Morgan fingerprint density at radius 2 is 1.93 bits per heavy atom. The maximum Gasteiger partial charge on any atom is 0.325 e. The van der Waals surface area contributed by atoms with Gasteiger partial charge in [0.2, 0.25) is 0 Å². The van der Waals surface area contributed by atoms with E-state index in [1.165, 1.54) is 40.6 Å². The van der Waals surface area contributed by atoms with E-state index < -0.39 is 17.3 Å². The molecule has 41 heavy (non-hydrogen) atoms. The predicted molar refractivity (Wildman–Crippen MR) is 149 cm³/mol. The van der Waals surface area contributed by atoms with Crippen LogP contribution in [0.2, 0.25) is 5.02 Å². The van der Waals surface area contributed by atoms with Gasteiger partial charge in [0.1, 0.15) is 36.2 Å². The molecule has 2 heterocycles. The molecular weight excluding hydrogens is 551 g/mol. The zero-order valence-corrected chi connectivity index (χ0v) is 22.2. The first-order valence-electron chi connectivity index (χ1n) is 12.1. The summed E-state index contributed by atoms with van der Waals surface area (Å²) in [6.07, 6.45) is 4.96. The van der Waals surface area contributed by atoms with Gasteiger partial charge >= 0.3 is 5.97 Å². The number of fused-ring (bicyclic) bond motifs is 1. The van der Waals surface area contributed by atoms with Crippen molar-refractivity contribution in [1.29, 1.82) is 5.26 Å². The van der Waals surface area contributed by atoms with Gasteiger partial charge in [-0.25, -0.2) is 14.1 Å². The molecule has 0 aliphatic carbocycles. The molecule has 0 bridgehead atoms. The number of methoxy groups -OCH3 is 1. The highest BCUT2D eigenvalue weighted by molar-refractivity contribution is 6.30. The van der Waals surface area contributed by atoms with Crippen molar-refractivity contribution in [3.8, 4) is 17.5 Å². The van der Waals surface area contributed by atoms with E-state index >= 15 is 0 Å². The van der Waals surface area contributed by atoms with Gasteiger partial charge < -0.3 is 9.47 Å². The molecule has 0 fully saturated rings. The third kappa shape index (κ3) is 6.13. The molecular formula is C29H20ClFN6O4. The summed E-state index contributed by atoms with van der Waals surface area (Å²) < 4.78 is 26.7. The van der Waals surface area contributed by atoms with Gasteiger partial charge in [0, 0.05) is 0 Å². The number of esters is 1. The molecule has 0 unspecified atom stereocenters. The average Bonchev–Trinajstić information content (AvgIpc) is 3.47. The van der Waals surface area contributed by atoms with Crippen molar-refractivity contribution in [1.82, 2.24) is 24.5 Å². The standard InChI is InChI=1S/C29H20ClFN6O4/c1-40-28(38)16-36-27(11-6-18-2-4-19(14-32)5-3-18)33-26-10-8-22(13-23(26)29(36)39)41-17-20-15-37(35-34-20)21-7-9-25(31)24(30)12-21/h2-13,15H,16-17H2,1H3/b11-6+. The topological polar surface area (TPSA) is 125 Å². The van der Waals surface area contributed by atoms with Crippen molar-refractivity contribution in [2.45, 2.75) is 13.2 Å². The summed E-state index contributed by atoms with van der Waals surface area (Å²) >= 11 is 5.85. The van der Waals surface area contributed by atoms with E-state index in [1.807, 2.05) is 0 Å². The number of ether oxygens (including phenoxy) is 2. The van der Waals surface area contributed by atoms with E-state index in [9.17, 15) is 14.0 Å². The monoisotopic (exact) mass is 570 g/mol. The molecule has 0 atom stereocenters. The lowest BCUT2D eigenvalue weighted by Crippen LogP contribution is -2.28. The molecule has 12 heteroatoms. The van der Waals surface area contributed by atoms with Crippen LogP contribution in [0.5, 0.6) is 5.75 Å². The Labute approximate surface area is 237 Å². The molecule has 2 aromatic heterocycles. The van der Waals surface area contributed by atoms with Gasteiger partial charge in [-0.3, -0.25) is 14.2 Å². The highest BCUT2D eigenvalue weighted by Crippen LogP contribution is 2.21. The Bertz CT molecular complexity index is 1890. The second-order valence-corrected chi connectivity index (χ2v) is 9.13. The Hall–Kier alpha value is -5.34. The van der Waals surface area contributed by atoms with Gasteiger partial charge in [0.25, 0.3) is 5.56 Å². The molecule has 3 aromatic carbocycles. The zero-order chi connectivity index (χ0) is 28.9. The Kier molecular flexibility index (Phi) is 7.85. The largest absolute Gasteiger partial charge is 0.487 e. The summed E-state index contributed by atoms with van der Waals surface area (Å²) in [6.45, 7) is -0.303. The Morgan fingerprint density at radius 3 is 2.66 bits per heavy atom. The minimum absolute atomic E-state index is 0.0358. The SMILES string of the molecule is COC(=O)Cn1c(/C=C/c2ccc(C#N)cc2)nc2ccc(OCc3cn(-c4ccc(F)c(Cl)c4)nn3)cc2c1=O. The lowest BCUT2D eigenvalue weighted by Gasteiger charge is -2.11. The molecule has 0 saturated carbocycles. The molecule has 10 nitrogen and oxygen atoms in total. The molecule has 0 N–H and O–H groups in total. The molecule has 0 aliphatic heterocycles. The first-order valence-corrected chi connectivity index (χ1v) is 12.5. The van der Waals surface area contributed by atoms with E-state index in [2.05, 4.69) is 21.4 Å². The first kappa shape index (κ1) is 27.2. The molecule has 5 rings (SSSR count). The number of nitrogens with zero attached hydrogens (tertiary/aromatic N) is 6. The summed E-state index contributed by atoms with van der Waals surface area (Å²) in [7, 11) is 1.24. The number of hydrogen-bond donors (Lipinski definition) is 0. The van der Waals surface area contributed by atoms with E-state index in [-0.39, 0.29) is 29.4 Å². The van der Waals surface area contributed by atoms with Crippen molar-refractivity contribution >= 4 is 40.6 Å². The third-order valence-electron chi connectivity index (χ3n) is 6.03. The van der Waals surface area contributed by atoms with Crippen molar-refractivity contribution in [3.63, 3.8) is 0 Å². The first-order chi connectivity index (χ1) is 19.8. The number of hydrogen-bond acceptors (Lipinski definition) is 8. The lowest BCUT2D eigenvalue weighted by atomic mass is 10.1. The van der Waals surface area contributed by atoms with Crippen LogP contribution in [0.15, 0.2) is 71.7 Å². The quantitative estimate of drug-likeness (QED) is 0.249. The highest BCUT2D eigenvalue weighted by Gasteiger charge is 2.14. The molecule has 5 aromatic rings. The average molecular weight is 571 g/mol. The fourth-order valence-electron chi connectivity index (χ4n) is 3.90. The molecule has 0 spiro atoms. The summed E-state index contributed by atoms with van der Waals surface area (Å²) in [6, 6.07) is 18.0. The Balaban J connectivity index is 1.41. The molecule has 0 saturated heterocycles. The van der Waals surface area contributed by atoms with Crippen LogP contribution in [0.25, 0.3) is 28.7 Å². The number of aromatic nitrogens is 5. The van der Waals surface area contributed by atoms with Crippen LogP contribution in [-0.4, -0.2) is 37.6 Å². The van der Waals surface area contributed by atoms with E-state index in [0.29, 0.717) is 28.2 Å². The minimum Gasteiger partial charge on any atom is -0.487 e. The molecule has 0 amide bonds. The minimum atomic E-state index is -0.612. The lowest BCUT2D eigenvalue weighted by molar-refractivity contribution is -0.141. The summed E-state index contributed by atoms with van der Waals surface area (Å²) in [5, 5.41) is 17.3. The van der Waals surface area contributed by atoms with Crippen LogP contribution in [0.3, 0.4) is 0 Å². The number of benzene rings is 3. The summed E-state index contributed by atoms with van der Waals surface area (Å²) in [5.74, 6) is -0.520. The van der Waals surface area contributed by atoms with Gasteiger partial charge in [-0.05, 0) is 60.2 Å². The zero-order valence-electron chi connectivity index (χ0n) is 21.5. The van der Waals surface area contributed by atoms with Crippen LogP contribution < -0.4 is 10.3 Å². The van der Waals surface area contributed by atoms with Gasteiger partial charge in [0.05, 0.1) is 46.6 Å². The van der Waals surface area contributed by atoms with Crippen LogP contribution in [0, 0.1) is 17.1 Å². The summed E-state index contributed by atoms with van der Waals surface area (Å²) in [5.41, 5.74) is 2.27. The molecule has 0 radical (unpaired) electrons. The number of carbonyl (C=O) groups is 1. The van der Waals surface area contributed by atoms with Crippen molar-refractivity contribution in [3.05, 3.63) is 111 Å². The van der Waals surface area contributed by atoms with E-state index in [4.69, 9.17) is 26.3 Å². The maximum absolute atomic E-state index is 13.5. The summed E-state index contributed by atoms with van der Waals surface area (Å²) in [4.78, 5) is 30.1.